The number of aliphatic hydroxyl groups excluding tert-OH is 1. The van der Waals surface area contributed by atoms with Crippen molar-refractivity contribution < 1.29 is 27.8 Å². The maximum Gasteiger partial charge on any atom is 0.406 e. The van der Waals surface area contributed by atoms with Gasteiger partial charge in [0.25, 0.3) is 5.91 Å². The predicted molar refractivity (Wildman–Crippen MR) is 75.8 cm³/mol. The normalized spacial score (nSPS) is 20.2. The Kier molecular flexibility index (Phi) is 4.27. The van der Waals surface area contributed by atoms with E-state index in [-0.39, 0.29) is 32.0 Å². The molecule has 2 aliphatic heterocycles. The van der Waals surface area contributed by atoms with Gasteiger partial charge in [0.05, 0.1) is 18.5 Å². The van der Waals surface area contributed by atoms with Crippen molar-refractivity contribution in [3.63, 3.8) is 0 Å². The van der Waals surface area contributed by atoms with E-state index in [1.807, 2.05) is 0 Å². The van der Waals surface area contributed by atoms with Crippen molar-refractivity contribution in [2.45, 2.75) is 19.3 Å². The second kappa shape index (κ2) is 6.23. The number of halogens is 3. The summed E-state index contributed by atoms with van der Waals surface area (Å²) >= 11 is 0. The van der Waals surface area contributed by atoms with E-state index in [1.54, 1.807) is 18.2 Å². The topological polar surface area (TPSA) is 74.5 Å². The first-order valence-electron chi connectivity index (χ1n) is 7.22. The van der Waals surface area contributed by atoms with Gasteiger partial charge in [-0.25, -0.2) is 0 Å². The van der Waals surface area contributed by atoms with Crippen LogP contribution in [0.25, 0.3) is 0 Å². The summed E-state index contributed by atoms with van der Waals surface area (Å²) in [5, 5.41) is 15.2. The molecule has 0 radical (unpaired) electrons. The minimum Gasteiger partial charge on any atom is -0.491 e. The molecule has 0 saturated heterocycles. The number of aliphatic hydroxyl groups is 1. The first-order valence-corrected chi connectivity index (χ1v) is 7.22. The molecule has 0 saturated carbocycles. The third-order valence-corrected chi connectivity index (χ3v) is 3.84. The largest absolute Gasteiger partial charge is 0.491 e. The lowest BCUT2D eigenvalue weighted by molar-refractivity contribution is -0.177. The Labute approximate surface area is 135 Å². The molecule has 1 aromatic rings. The SMILES string of the molecule is O=C1N=NC=C(N2Cc3ccc(OCCO)cc3C2)C1C(F)(F)F. The zero-order valence-electron chi connectivity index (χ0n) is 12.5. The molecule has 1 N–H and O–H groups in total. The highest BCUT2D eigenvalue weighted by Crippen LogP contribution is 2.40. The van der Waals surface area contributed by atoms with Crippen LogP contribution in [0.5, 0.6) is 5.75 Å². The average molecular weight is 341 g/mol. The molecule has 2 heterocycles. The number of carbonyl (C=O) groups excluding carboxylic acids is 1. The molecule has 0 aromatic heterocycles. The zero-order chi connectivity index (χ0) is 17.3. The molecule has 24 heavy (non-hydrogen) atoms. The maximum absolute atomic E-state index is 13.2. The van der Waals surface area contributed by atoms with E-state index in [2.05, 4.69) is 10.2 Å². The Morgan fingerprint density at radius 2 is 2.04 bits per heavy atom. The molecule has 2 aliphatic rings. The monoisotopic (exact) mass is 341 g/mol. The van der Waals surface area contributed by atoms with Crippen LogP contribution in [0.3, 0.4) is 0 Å². The summed E-state index contributed by atoms with van der Waals surface area (Å²) < 4.78 is 44.9. The number of ether oxygens (including phenoxy) is 1. The number of hydrogen-bond donors (Lipinski definition) is 1. The van der Waals surface area contributed by atoms with Crippen molar-refractivity contribution in [3.8, 4) is 5.75 Å². The van der Waals surface area contributed by atoms with Crippen LogP contribution in [0.2, 0.25) is 0 Å². The molecule has 1 atom stereocenters. The van der Waals surface area contributed by atoms with Gasteiger partial charge < -0.3 is 14.7 Å². The van der Waals surface area contributed by atoms with E-state index in [4.69, 9.17) is 9.84 Å². The molecular formula is C15H14F3N3O3. The summed E-state index contributed by atoms with van der Waals surface area (Å²) in [5.41, 5.74) is 1.46. The number of hydrogen-bond acceptors (Lipinski definition) is 5. The molecule has 0 spiro atoms. The smallest absolute Gasteiger partial charge is 0.406 e. The highest BCUT2D eigenvalue weighted by atomic mass is 19.4. The van der Waals surface area contributed by atoms with Crippen LogP contribution in [-0.4, -0.2) is 35.3 Å². The fraction of sp³-hybridized carbons (Fsp3) is 0.400. The number of amides is 1. The number of alkyl halides is 3. The molecule has 9 heteroatoms. The van der Waals surface area contributed by atoms with E-state index < -0.39 is 18.0 Å². The summed E-state index contributed by atoms with van der Waals surface area (Å²) in [4.78, 5) is 13.0. The molecular weight excluding hydrogens is 327 g/mol. The maximum atomic E-state index is 13.2. The molecule has 1 unspecified atom stereocenters. The van der Waals surface area contributed by atoms with E-state index in [0.29, 0.717) is 5.75 Å². The first-order chi connectivity index (χ1) is 11.4. The highest BCUT2D eigenvalue weighted by Gasteiger charge is 2.50. The van der Waals surface area contributed by atoms with E-state index >= 15 is 0 Å². The van der Waals surface area contributed by atoms with Gasteiger partial charge in [0.2, 0.25) is 0 Å². The van der Waals surface area contributed by atoms with Gasteiger partial charge in [0, 0.05) is 13.1 Å². The molecule has 6 nitrogen and oxygen atoms in total. The number of carbonyl (C=O) groups is 1. The van der Waals surface area contributed by atoms with Crippen LogP contribution in [0, 0.1) is 5.92 Å². The van der Waals surface area contributed by atoms with Crippen molar-refractivity contribution in [1.82, 2.24) is 4.90 Å². The van der Waals surface area contributed by atoms with Gasteiger partial charge in [-0.1, -0.05) is 6.07 Å². The molecule has 3 rings (SSSR count). The standard InChI is InChI=1S/C15H14F3N3O3/c16-15(17,18)13-12(6-19-20-14(13)23)21-7-9-1-2-11(24-4-3-22)5-10(9)8-21/h1-2,5-6,13,22H,3-4,7-8H2. The van der Waals surface area contributed by atoms with Crippen LogP contribution in [0.4, 0.5) is 13.2 Å². The van der Waals surface area contributed by atoms with Crippen LogP contribution < -0.4 is 4.74 Å². The Morgan fingerprint density at radius 3 is 2.75 bits per heavy atom. The molecule has 0 aliphatic carbocycles. The lowest BCUT2D eigenvalue weighted by atomic mass is 10.0. The molecule has 128 valence electrons. The number of benzene rings is 1. The lowest BCUT2D eigenvalue weighted by Gasteiger charge is -2.28. The third-order valence-electron chi connectivity index (χ3n) is 3.84. The molecule has 1 aromatic carbocycles. The van der Waals surface area contributed by atoms with Gasteiger partial charge in [-0.3, -0.25) is 4.79 Å². The van der Waals surface area contributed by atoms with E-state index in [0.717, 1.165) is 17.3 Å². The van der Waals surface area contributed by atoms with Gasteiger partial charge in [0.15, 0.2) is 5.92 Å². The molecule has 0 fully saturated rings. The van der Waals surface area contributed by atoms with E-state index in [1.165, 1.54) is 4.90 Å². The summed E-state index contributed by atoms with van der Waals surface area (Å²) in [6.45, 7) is 0.471. The predicted octanol–water partition coefficient (Wildman–Crippen LogP) is 2.39. The molecule has 1 amide bonds. The minimum absolute atomic E-state index is 0.128. The van der Waals surface area contributed by atoms with Crippen molar-refractivity contribution in [3.05, 3.63) is 41.2 Å². The minimum atomic E-state index is -4.72. The van der Waals surface area contributed by atoms with Crippen molar-refractivity contribution >= 4 is 5.91 Å². The summed E-state index contributed by atoms with van der Waals surface area (Å²) in [7, 11) is 0. The fourth-order valence-corrected chi connectivity index (χ4v) is 2.78. The van der Waals surface area contributed by atoms with Gasteiger partial charge in [-0.2, -0.15) is 18.3 Å². The zero-order valence-corrected chi connectivity index (χ0v) is 12.5. The van der Waals surface area contributed by atoms with Crippen molar-refractivity contribution in [2.24, 2.45) is 16.1 Å². The van der Waals surface area contributed by atoms with Gasteiger partial charge >= 0.3 is 6.18 Å². The van der Waals surface area contributed by atoms with Crippen LogP contribution in [0.15, 0.2) is 40.3 Å². The van der Waals surface area contributed by atoms with Gasteiger partial charge in [0.1, 0.15) is 12.4 Å². The van der Waals surface area contributed by atoms with Crippen molar-refractivity contribution in [2.75, 3.05) is 13.2 Å². The van der Waals surface area contributed by atoms with Crippen LogP contribution >= 0.6 is 0 Å². The highest BCUT2D eigenvalue weighted by molar-refractivity contribution is 5.83. The van der Waals surface area contributed by atoms with Crippen LogP contribution in [0.1, 0.15) is 11.1 Å². The Bertz CT molecular complexity index is 716. The van der Waals surface area contributed by atoms with E-state index in [9.17, 15) is 18.0 Å². The summed E-state index contributed by atoms with van der Waals surface area (Å²) in [6, 6.07) is 5.18. The second-order valence-corrected chi connectivity index (χ2v) is 5.44. The Morgan fingerprint density at radius 1 is 1.29 bits per heavy atom. The first kappa shape index (κ1) is 16.4. The average Bonchev–Trinajstić information content (AvgIpc) is 2.94. The number of azo groups is 1. The number of rotatable bonds is 4. The third kappa shape index (κ3) is 3.12. The van der Waals surface area contributed by atoms with Gasteiger partial charge in [-0.15, -0.1) is 5.11 Å². The Hall–Kier alpha value is -2.42. The second-order valence-electron chi connectivity index (χ2n) is 5.44. The lowest BCUT2D eigenvalue weighted by Crippen LogP contribution is -2.38. The Balaban J connectivity index is 1.82. The number of fused-ring (bicyclic) bond motifs is 1. The quantitative estimate of drug-likeness (QED) is 0.912. The molecule has 0 bridgehead atoms. The summed E-state index contributed by atoms with van der Waals surface area (Å²) in [6.07, 6.45) is -3.72. The summed E-state index contributed by atoms with van der Waals surface area (Å²) in [5.74, 6) is -3.05. The van der Waals surface area contributed by atoms with Crippen molar-refractivity contribution in [1.29, 1.82) is 0 Å². The van der Waals surface area contributed by atoms with Crippen LogP contribution in [-0.2, 0) is 17.9 Å². The van der Waals surface area contributed by atoms with Gasteiger partial charge in [-0.05, 0) is 23.3 Å². The number of nitrogens with zero attached hydrogens (tertiary/aromatic N) is 3. The fourth-order valence-electron chi connectivity index (χ4n) is 2.78.